The zero-order valence-corrected chi connectivity index (χ0v) is 11.4. The summed E-state index contributed by atoms with van der Waals surface area (Å²) < 4.78 is 12.9. The number of hydrogen-bond acceptors (Lipinski definition) is 3. The molecule has 0 bridgehead atoms. The van der Waals surface area contributed by atoms with Gasteiger partial charge < -0.3 is 10.6 Å². The Labute approximate surface area is 117 Å². The van der Waals surface area contributed by atoms with Crippen LogP contribution in [0.5, 0.6) is 0 Å². The standard InChI is InChI=1S/C15H16FN3O/c1-3-12-8-10(9-14(17)18-12)15(20)19(2)13-6-4-11(16)5-7-13/h4-9H,3H2,1-2H3,(H2,17,18). The number of aryl methyl sites for hydroxylation is 1. The first-order valence-electron chi connectivity index (χ1n) is 6.31. The Bertz CT molecular complexity index is 626. The van der Waals surface area contributed by atoms with Gasteiger partial charge in [0, 0.05) is 24.0 Å². The number of anilines is 2. The number of halogens is 1. The molecule has 2 N–H and O–H groups in total. The van der Waals surface area contributed by atoms with Crippen molar-refractivity contribution in [3.8, 4) is 0 Å². The molecule has 1 aromatic carbocycles. The van der Waals surface area contributed by atoms with Gasteiger partial charge in [0.15, 0.2) is 0 Å². The summed E-state index contributed by atoms with van der Waals surface area (Å²) in [7, 11) is 1.64. The average Bonchev–Trinajstić information content (AvgIpc) is 2.45. The lowest BCUT2D eigenvalue weighted by Gasteiger charge is -2.18. The number of nitrogen functional groups attached to an aromatic ring is 1. The Hall–Kier alpha value is -2.43. The van der Waals surface area contributed by atoms with Gasteiger partial charge in [0.1, 0.15) is 11.6 Å². The molecule has 0 fully saturated rings. The van der Waals surface area contributed by atoms with E-state index in [-0.39, 0.29) is 11.7 Å². The number of pyridine rings is 1. The summed E-state index contributed by atoms with van der Waals surface area (Å²) in [5, 5.41) is 0. The third kappa shape index (κ3) is 2.93. The molecule has 0 atom stereocenters. The topological polar surface area (TPSA) is 59.2 Å². The molecular formula is C15H16FN3O. The van der Waals surface area contributed by atoms with Gasteiger partial charge in [0.05, 0.1) is 0 Å². The summed E-state index contributed by atoms with van der Waals surface area (Å²) in [6, 6.07) is 9.01. The number of hydrogen-bond donors (Lipinski definition) is 1. The molecule has 5 heteroatoms. The van der Waals surface area contributed by atoms with Gasteiger partial charge >= 0.3 is 0 Å². The molecule has 0 radical (unpaired) electrons. The van der Waals surface area contributed by atoms with Crippen LogP contribution in [0.3, 0.4) is 0 Å². The second-order valence-electron chi connectivity index (χ2n) is 4.47. The lowest BCUT2D eigenvalue weighted by atomic mass is 10.1. The summed E-state index contributed by atoms with van der Waals surface area (Å²) in [4.78, 5) is 18.0. The number of carbonyl (C=O) groups is 1. The van der Waals surface area contributed by atoms with Crippen LogP contribution in [-0.2, 0) is 6.42 Å². The van der Waals surface area contributed by atoms with Crippen LogP contribution >= 0.6 is 0 Å². The molecule has 0 saturated carbocycles. The van der Waals surface area contributed by atoms with E-state index in [2.05, 4.69) is 4.98 Å². The first-order chi connectivity index (χ1) is 9.51. The summed E-state index contributed by atoms with van der Waals surface area (Å²) in [5.74, 6) is -0.225. The molecule has 1 heterocycles. The Morgan fingerprint density at radius 3 is 2.55 bits per heavy atom. The number of nitrogens with zero attached hydrogens (tertiary/aromatic N) is 2. The predicted molar refractivity (Wildman–Crippen MR) is 77.2 cm³/mol. The zero-order chi connectivity index (χ0) is 14.7. The molecule has 4 nitrogen and oxygen atoms in total. The highest BCUT2D eigenvalue weighted by Crippen LogP contribution is 2.17. The third-order valence-corrected chi connectivity index (χ3v) is 3.03. The molecule has 2 aromatic rings. The van der Waals surface area contributed by atoms with Crippen molar-refractivity contribution in [2.45, 2.75) is 13.3 Å². The van der Waals surface area contributed by atoms with E-state index in [9.17, 15) is 9.18 Å². The number of carbonyl (C=O) groups excluding carboxylic acids is 1. The molecule has 0 aliphatic heterocycles. The largest absolute Gasteiger partial charge is 0.384 e. The maximum Gasteiger partial charge on any atom is 0.258 e. The second kappa shape index (κ2) is 5.69. The zero-order valence-electron chi connectivity index (χ0n) is 11.4. The van der Waals surface area contributed by atoms with Gasteiger partial charge in [-0.2, -0.15) is 0 Å². The number of nitrogens with two attached hydrogens (primary N) is 1. The van der Waals surface area contributed by atoms with Gasteiger partial charge in [0.25, 0.3) is 5.91 Å². The van der Waals surface area contributed by atoms with E-state index < -0.39 is 0 Å². The second-order valence-corrected chi connectivity index (χ2v) is 4.47. The van der Waals surface area contributed by atoms with E-state index in [1.54, 1.807) is 31.3 Å². The maximum absolute atomic E-state index is 12.9. The highest BCUT2D eigenvalue weighted by Gasteiger charge is 2.15. The van der Waals surface area contributed by atoms with Gasteiger partial charge in [-0.05, 0) is 42.8 Å². The van der Waals surface area contributed by atoms with Crippen LogP contribution in [0.25, 0.3) is 0 Å². The molecule has 1 amide bonds. The van der Waals surface area contributed by atoms with Crippen molar-refractivity contribution >= 4 is 17.4 Å². The molecule has 1 aromatic heterocycles. The summed E-state index contributed by atoms with van der Waals surface area (Å²) in [6.07, 6.45) is 0.700. The van der Waals surface area contributed by atoms with Crippen molar-refractivity contribution in [1.82, 2.24) is 4.98 Å². The van der Waals surface area contributed by atoms with Crippen molar-refractivity contribution in [1.29, 1.82) is 0 Å². The minimum absolute atomic E-state index is 0.208. The van der Waals surface area contributed by atoms with E-state index in [1.807, 2.05) is 6.92 Å². The molecule has 2 rings (SSSR count). The van der Waals surface area contributed by atoms with E-state index in [0.717, 1.165) is 5.69 Å². The van der Waals surface area contributed by atoms with Crippen LogP contribution < -0.4 is 10.6 Å². The summed E-state index contributed by atoms with van der Waals surface area (Å²) >= 11 is 0. The normalized spacial score (nSPS) is 10.3. The number of aromatic nitrogens is 1. The molecule has 0 unspecified atom stereocenters. The van der Waals surface area contributed by atoms with E-state index in [0.29, 0.717) is 23.5 Å². The molecule has 20 heavy (non-hydrogen) atoms. The smallest absolute Gasteiger partial charge is 0.258 e. The minimum Gasteiger partial charge on any atom is -0.384 e. The Morgan fingerprint density at radius 1 is 1.30 bits per heavy atom. The fourth-order valence-corrected chi connectivity index (χ4v) is 1.89. The fraction of sp³-hybridized carbons (Fsp3) is 0.200. The van der Waals surface area contributed by atoms with Crippen molar-refractivity contribution < 1.29 is 9.18 Å². The van der Waals surface area contributed by atoms with Crippen LogP contribution in [0.2, 0.25) is 0 Å². The quantitative estimate of drug-likeness (QED) is 0.935. The highest BCUT2D eigenvalue weighted by molar-refractivity contribution is 6.06. The van der Waals surface area contributed by atoms with Gasteiger partial charge in [-0.25, -0.2) is 9.37 Å². The summed E-state index contributed by atoms with van der Waals surface area (Å²) in [6.45, 7) is 1.94. The van der Waals surface area contributed by atoms with Crippen molar-refractivity contribution in [3.63, 3.8) is 0 Å². The number of rotatable bonds is 3. The SMILES string of the molecule is CCc1cc(C(=O)N(C)c2ccc(F)cc2)cc(N)n1. The molecule has 0 saturated heterocycles. The van der Waals surface area contributed by atoms with Crippen LogP contribution in [0.15, 0.2) is 36.4 Å². The molecular weight excluding hydrogens is 257 g/mol. The van der Waals surface area contributed by atoms with Gasteiger partial charge in [-0.1, -0.05) is 6.92 Å². The van der Waals surface area contributed by atoms with Gasteiger partial charge in [0.2, 0.25) is 0 Å². The number of amides is 1. The molecule has 0 aliphatic rings. The maximum atomic E-state index is 12.9. The van der Waals surface area contributed by atoms with Crippen molar-refractivity contribution in [2.75, 3.05) is 17.7 Å². The van der Waals surface area contributed by atoms with Crippen LogP contribution in [0.4, 0.5) is 15.9 Å². The van der Waals surface area contributed by atoms with E-state index in [1.165, 1.54) is 17.0 Å². The third-order valence-electron chi connectivity index (χ3n) is 3.03. The highest BCUT2D eigenvalue weighted by atomic mass is 19.1. The first-order valence-corrected chi connectivity index (χ1v) is 6.31. The molecule has 0 spiro atoms. The predicted octanol–water partition coefficient (Wildman–Crippen LogP) is 2.64. The Kier molecular flexibility index (Phi) is 3.98. The van der Waals surface area contributed by atoms with Crippen molar-refractivity contribution in [2.24, 2.45) is 0 Å². The lowest BCUT2D eigenvalue weighted by molar-refractivity contribution is 0.0993. The monoisotopic (exact) mass is 273 g/mol. The molecule has 104 valence electrons. The lowest BCUT2D eigenvalue weighted by Crippen LogP contribution is -2.26. The van der Waals surface area contributed by atoms with E-state index in [4.69, 9.17) is 5.73 Å². The Morgan fingerprint density at radius 2 is 1.95 bits per heavy atom. The van der Waals surface area contributed by atoms with Crippen molar-refractivity contribution in [3.05, 3.63) is 53.5 Å². The van der Waals surface area contributed by atoms with Crippen LogP contribution in [0, 0.1) is 5.82 Å². The average molecular weight is 273 g/mol. The fourth-order valence-electron chi connectivity index (χ4n) is 1.89. The van der Waals surface area contributed by atoms with Crippen LogP contribution in [-0.4, -0.2) is 17.9 Å². The number of benzene rings is 1. The first kappa shape index (κ1) is 14.0. The minimum atomic E-state index is -0.337. The van der Waals surface area contributed by atoms with E-state index >= 15 is 0 Å². The molecule has 0 aliphatic carbocycles. The Balaban J connectivity index is 2.30. The van der Waals surface area contributed by atoms with Gasteiger partial charge in [-0.15, -0.1) is 0 Å². The van der Waals surface area contributed by atoms with Gasteiger partial charge in [-0.3, -0.25) is 4.79 Å². The summed E-state index contributed by atoms with van der Waals surface area (Å²) in [5.41, 5.74) is 7.55. The van der Waals surface area contributed by atoms with Crippen LogP contribution in [0.1, 0.15) is 23.0 Å².